The molecule has 1 atom stereocenters. The number of fused-ring (bicyclic) bond motifs is 1. The lowest BCUT2D eigenvalue weighted by molar-refractivity contribution is -0.135. The van der Waals surface area contributed by atoms with Crippen LogP contribution in [0.4, 0.5) is 5.69 Å². The molecule has 1 aliphatic heterocycles. The third-order valence-corrected chi connectivity index (χ3v) is 5.57. The van der Waals surface area contributed by atoms with E-state index in [0.29, 0.717) is 6.54 Å². The molecule has 0 bridgehead atoms. The van der Waals surface area contributed by atoms with Gasteiger partial charge < -0.3 is 19.2 Å². The molecule has 29 heavy (non-hydrogen) atoms. The Morgan fingerprint density at radius 1 is 1.10 bits per heavy atom. The van der Waals surface area contributed by atoms with Crippen molar-refractivity contribution in [3.05, 3.63) is 77.5 Å². The Balaban J connectivity index is 1.42. The molecule has 0 aliphatic carbocycles. The van der Waals surface area contributed by atoms with Crippen LogP contribution in [0.1, 0.15) is 41.3 Å². The number of nitrogens with zero attached hydrogens (tertiary/aromatic N) is 2. The average molecular weight is 391 g/mol. The van der Waals surface area contributed by atoms with Gasteiger partial charge in [-0.2, -0.15) is 0 Å². The van der Waals surface area contributed by atoms with Crippen molar-refractivity contribution in [1.82, 2.24) is 9.47 Å². The zero-order chi connectivity index (χ0) is 20.4. The lowest BCUT2D eigenvalue weighted by Gasteiger charge is -2.36. The third-order valence-electron chi connectivity index (χ3n) is 5.57. The van der Waals surface area contributed by atoms with E-state index >= 15 is 0 Å². The molecule has 1 aromatic carbocycles. The number of carbonyl (C=O) groups excluding carboxylic acids is 2. The minimum Gasteiger partial charge on any atom is -0.472 e. The molecule has 0 saturated carbocycles. The highest BCUT2D eigenvalue weighted by atomic mass is 16.3. The van der Waals surface area contributed by atoms with Crippen molar-refractivity contribution in [3.8, 4) is 0 Å². The quantitative estimate of drug-likeness (QED) is 0.713. The fourth-order valence-corrected chi connectivity index (χ4v) is 3.84. The smallest absolute Gasteiger partial charge is 0.224 e. The lowest BCUT2D eigenvalue weighted by Crippen LogP contribution is -2.42. The fraction of sp³-hybridized carbons (Fsp3) is 0.304. The van der Waals surface area contributed by atoms with Crippen molar-refractivity contribution >= 4 is 17.5 Å². The van der Waals surface area contributed by atoms with E-state index in [1.807, 2.05) is 61.3 Å². The van der Waals surface area contributed by atoms with Crippen LogP contribution >= 0.6 is 0 Å². The molecule has 6 heteroatoms. The summed E-state index contributed by atoms with van der Waals surface area (Å²) in [6.07, 6.45) is 5.66. The van der Waals surface area contributed by atoms with Gasteiger partial charge in [0, 0.05) is 49.1 Å². The molecule has 0 fully saturated rings. The molecular formula is C23H25N3O3. The second kappa shape index (κ2) is 7.99. The Hall–Kier alpha value is -3.28. The van der Waals surface area contributed by atoms with Crippen molar-refractivity contribution in [2.24, 2.45) is 0 Å². The van der Waals surface area contributed by atoms with Crippen molar-refractivity contribution in [2.45, 2.75) is 39.3 Å². The van der Waals surface area contributed by atoms with Gasteiger partial charge in [-0.25, -0.2) is 0 Å². The van der Waals surface area contributed by atoms with Gasteiger partial charge in [0.25, 0.3) is 0 Å². The van der Waals surface area contributed by atoms with Crippen molar-refractivity contribution < 1.29 is 14.0 Å². The number of furan rings is 1. The first-order valence-corrected chi connectivity index (χ1v) is 9.86. The van der Waals surface area contributed by atoms with Crippen molar-refractivity contribution in [1.29, 1.82) is 0 Å². The fourth-order valence-electron chi connectivity index (χ4n) is 3.84. The SMILES string of the molecule is Cc1ccc(NC(=O)CCC(=O)N2CCn3cccc3C2c2ccoc2)cc1C. The minimum absolute atomic E-state index is 0.0288. The molecule has 150 valence electrons. The number of anilines is 1. The maximum Gasteiger partial charge on any atom is 0.224 e. The summed E-state index contributed by atoms with van der Waals surface area (Å²) in [6.45, 7) is 5.40. The van der Waals surface area contributed by atoms with Gasteiger partial charge in [0.05, 0.1) is 12.5 Å². The second-order valence-corrected chi connectivity index (χ2v) is 7.52. The first kappa shape index (κ1) is 19.1. The van der Waals surface area contributed by atoms with E-state index in [-0.39, 0.29) is 30.7 Å². The van der Waals surface area contributed by atoms with Gasteiger partial charge in [0.1, 0.15) is 6.04 Å². The number of amides is 2. The Morgan fingerprint density at radius 2 is 1.97 bits per heavy atom. The van der Waals surface area contributed by atoms with E-state index in [2.05, 4.69) is 9.88 Å². The number of aromatic nitrogens is 1. The zero-order valence-corrected chi connectivity index (χ0v) is 16.7. The first-order chi connectivity index (χ1) is 14.0. The van der Waals surface area contributed by atoms with E-state index < -0.39 is 0 Å². The minimum atomic E-state index is -0.187. The van der Waals surface area contributed by atoms with Crippen molar-refractivity contribution in [2.75, 3.05) is 11.9 Å². The maximum absolute atomic E-state index is 13.0. The predicted octanol–water partition coefficient (Wildman–Crippen LogP) is 4.05. The van der Waals surface area contributed by atoms with Gasteiger partial charge in [-0.3, -0.25) is 9.59 Å². The molecule has 0 radical (unpaired) electrons. The summed E-state index contributed by atoms with van der Waals surface area (Å²) in [5.74, 6) is -0.180. The van der Waals surface area contributed by atoms with Crippen molar-refractivity contribution in [3.63, 3.8) is 0 Å². The number of aryl methyl sites for hydroxylation is 2. The molecule has 1 aliphatic rings. The van der Waals surface area contributed by atoms with Crippen LogP contribution in [0.2, 0.25) is 0 Å². The monoisotopic (exact) mass is 391 g/mol. The number of nitrogens with one attached hydrogen (secondary N) is 1. The number of benzene rings is 1. The number of hydrogen-bond donors (Lipinski definition) is 1. The van der Waals surface area contributed by atoms with Crippen LogP contribution in [-0.4, -0.2) is 27.8 Å². The molecule has 0 saturated heterocycles. The zero-order valence-electron chi connectivity index (χ0n) is 16.7. The Labute approximate surface area is 170 Å². The van der Waals surface area contributed by atoms with Crippen LogP contribution in [0, 0.1) is 13.8 Å². The molecular weight excluding hydrogens is 366 g/mol. The predicted molar refractivity (Wildman–Crippen MR) is 110 cm³/mol. The van der Waals surface area contributed by atoms with Gasteiger partial charge in [-0.15, -0.1) is 0 Å². The van der Waals surface area contributed by atoms with Gasteiger partial charge in [0.15, 0.2) is 0 Å². The molecule has 3 heterocycles. The van der Waals surface area contributed by atoms with E-state index in [1.54, 1.807) is 12.5 Å². The van der Waals surface area contributed by atoms with Crippen LogP contribution in [0.25, 0.3) is 0 Å². The lowest BCUT2D eigenvalue weighted by atomic mass is 10.0. The molecule has 2 amide bonds. The van der Waals surface area contributed by atoms with Crippen LogP contribution in [0.15, 0.2) is 59.5 Å². The third kappa shape index (κ3) is 3.97. The number of rotatable bonds is 5. The van der Waals surface area contributed by atoms with Crippen LogP contribution in [-0.2, 0) is 16.1 Å². The summed E-state index contributed by atoms with van der Waals surface area (Å²) in [5.41, 5.74) is 5.07. The molecule has 2 aromatic heterocycles. The van der Waals surface area contributed by atoms with E-state index in [0.717, 1.165) is 29.1 Å². The van der Waals surface area contributed by atoms with E-state index in [1.165, 1.54) is 5.56 Å². The van der Waals surface area contributed by atoms with E-state index in [9.17, 15) is 9.59 Å². The van der Waals surface area contributed by atoms with Gasteiger partial charge >= 0.3 is 0 Å². The van der Waals surface area contributed by atoms with Gasteiger partial charge in [-0.05, 0) is 55.3 Å². The largest absolute Gasteiger partial charge is 0.472 e. The van der Waals surface area contributed by atoms with Crippen LogP contribution < -0.4 is 5.32 Å². The molecule has 0 spiro atoms. The van der Waals surface area contributed by atoms with Crippen LogP contribution in [0.3, 0.4) is 0 Å². The topological polar surface area (TPSA) is 67.5 Å². The molecule has 4 rings (SSSR count). The normalized spacial score (nSPS) is 15.8. The second-order valence-electron chi connectivity index (χ2n) is 7.52. The van der Waals surface area contributed by atoms with Crippen LogP contribution in [0.5, 0.6) is 0 Å². The van der Waals surface area contributed by atoms with Gasteiger partial charge in [-0.1, -0.05) is 6.07 Å². The van der Waals surface area contributed by atoms with Gasteiger partial charge in [0.2, 0.25) is 11.8 Å². The highest BCUT2D eigenvalue weighted by Gasteiger charge is 2.32. The maximum atomic E-state index is 13.0. The number of hydrogen-bond acceptors (Lipinski definition) is 3. The first-order valence-electron chi connectivity index (χ1n) is 9.86. The number of carbonyl (C=O) groups is 2. The summed E-state index contributed by atoms with van der Waals surface area (Å²) in [4.78, 5) is 27.2. The summed E-state index contributed by atoms with van der Waals surface area (Å²) in [7, 11) is 0. The summed E-state index contributed by atoms with van der Waals surface area (Å²) in [6, 6.07) is 11.5. The summed E-state index contributed by atoms with van der Waals surface area (Å²) < 4.78 is 7.42. The molecule has 6 nitrogen and oxygen atoms in total. The van der Waals surface area contributed by atoms with E-state index in [4.69, 9.17) is 4.42 Å². The summed E-state index contributed by atoms with van der Waals surface area (Å²) >= 11 is 0. The molecule has 1 N–H and O–H groups in total. The Kier molecular flexibility index (Phi) is 5.25. The highest BCUT2D eigenvalue weighted by Crippen LogP contribution is 2.33. The summed E-state index contributed by atoms with van der Waals surface area (Å²) in [5, 5.41) is 2.89. The highest BCUT2D eigenvalue weighted by molar-refractivity contribution is 5.93. The Morgan fingerprint density at radius 3 is 2.72 bits per heavy atom. The molecule has 3 aromatic rings. The molecule has 1 unspecified atom stereocenters. The standard InChI is InChI=1S/C23H25N3O3/c1-16-5-6-19(14-17(16)2)24-21(27)7-8-22(28)26-12-11-25-10-3-4-20(25)23(26)18-9-13-29-15-18/h3-6,9-10,13-15,23H,7-8,11-12H2,1-2H3,(H,24,27). The Bertz CT molecular complexity index is 1020. The average Bonchev–Trinajstić information content (AvgIpc) is 3.40.